The highest BCUT2D eigenvalue weighted by molar-refractivity contribution is 4.75. The number of piperidine rings is 1. The normalized spacial score (nSPS) is 36.3. The summed E-state index contributed by atoms with van der Waals surface area (Å²) in [7, 11) is 0. The molecule has 0 bridgehead atoms. The summed E-state index contributed by atoms with van der Waals surface area (Å²) in [5.74, 6) is 0.927. The van der Waals surface area contributed by atoms with Crippen molar-refractivity contribution in [1.82, 2.24) is 4.90 Å². The number of nitrogens with zero attached hydrogens (tertiary/aromatic N) is 1. The van der Waals surface area contributed by atoms with Crippen molar-refractivity contribution in [2.45, 2.75) is 39.7 Å². The minimum atomic E-state index is 0.834. The van der Waals surface area contributed by atoms with E-state index in [1.165, 1.54) is 25.9 Å². The lowest BCUT2D eigenvalue weighted by Gasteiger charge is -2.35. The molecule has 0 aliphatic carbocycles. The second-order valence-electron chi connectivity index (χ2n) is 3.62. The molecule has 1 fully saturated rings. The third-order valence-corrected chi connectivity index (χ3v) is 2.65. The van der Waals surface area contributed by atoms with Crippen molar-refractivity contribution < 1.29 is 0 Å². The third-order valence-electron chi connectivity index (χ3n) is 2.65. The van der Waals surface area contributed by atoms with Crippen molar-refractivity contribution in [3.63, 3.8) is 0 Å². The molecule has 0 saturated carbocycles. The monoisotopic (exact) mass is 141 g/mol. The summed E-state index contributed by atoms with van der Waals surface area (Å²) in [6, 6.07) is 0.834. The van der Waals surface area contributed by atoms with Crippen LogP contribution in [0.15, 0.2) is 0 Å². The molecule has 0 amide bonds. The van der Waals surface area contributed by atoms with E-state index < -0.39 is 0 Å². The molecule has 0 N–H and O–H groups in total. The Hall–Kier alpha value is -0.0400. The van der Waals surface area contributed by atoms with E-state index in [1.54, 1.807) is 0 Å². The molecule has 60 valence electrons. The maximum absolute atomic E-state index is 2.58. The molecule has 0 aromatic carbocycles. The molecule has 2 atom stereocenters. The Labute approximate surface area is 64.4 Å². The van der Waals surface area contributed by atoms with Crippen LogP contribution >= 0.6 is 0 Å². The number of hydrogen-bond donors (Lipinski definition) is 0. The molecule has 1 saturated heterocycles. The first-order valence-corrected chi connectivity index (χ1v) is 4.48. The van der Waals surface area contributed by atoms with Gasteiger partial charge in [0.1, 0.15) is 0 Å². The summed E-state index contributed by atoms with van der Waals surface area (Å²) < 4.78 is 0. The first-order chi connectivity index (χ1) is 4.74. The summed E-state index contributed by atoms with van der Waals surface area (Å²) in [5, 5.41) is 0. The standard InChI is InChI=1S/C9H19N/c1-4-10-7-8(2)5-6-9(10)3/h8-9H,4-7H2,1-3H3/t8-,9-/m1/s1. The SMILES string of the molecule is CCN1C[C@H](C)CC[C@H]1C. The highest BCUT2D eigenvalue weighted by atomic mass is 15.2. The van der Waals surface area contributed by atoms with Gasteiger partial charge in [-0.15, -0.1) is 0 Å². The summed E-state index contributed by atoms with van der Waals surface area (Å²) >= 11 is 0. The summed E-state index contributed by atoms with van der Waals surface area (Å²) in [4.78, 5) is 2.58. The van der Waals surface area contributed by atoms with Crippen molar-refractivity contribution in [1.29, 1.82) is 0 Å². The maximum atomic E-state index is 2.58. The van der Waals surface area contributed by atoms with Gasteiger partial charge in [-0.2, -0.15) is 0 Å². The van der Waals surface area contributed by atoms with Crippen LogP contribution in [-0.4, -0.2) is 24.0 Å². The Morgan fingerprint density at radius 2 is 2.00 bits per heavy atom. The molecule has 0 aromatic rings. The molecule has 0 unspecified atom stereocenters. The maximum Gasteiger partial charge on any atom is 0.00670 e. The smallest absolute Gasteiger partial charge is 0.00670 e. The molecule has 1 aliphatic rings. The minimum Gasteiger partial charge on any atom is -0.301 e. The van der Waals surface area contributed by atoms with Crippen molar-refractivity contribution in [3.05, 3.63) is 0 Å². The zero-order chi connectivity index (χ0) is 7.56. The number of likely N-dealkylation sites (tertiary alicyclic amines) is 1. The zero-order valence-electron chi connectivity index (χ0n) is 7.43. The van der Waals surface area contributed by atoms with E-state index in [1.807, 2.05) is 0 Å². The van der Waals surface area contributed by atoms with Crippen molar-refractivity contribution in [2.75, 3.05) is 13.1 Å². The van der Waals surface area contributed by atoms with Crippen LogP contribution in [0.25, 0.3) is 0 Å². The van der Waals surface area contributed by atoms with Gasteiger partial charge >= 0.3 is 0 Å². The van der Waals surface area contributed by atoms with Crippen LogP contribution in [0.2, 0.25) is 0 Å². The second-order valence-corrected chi connectivity index (χ2v) is 3.62. The van der Waals surface area contributed by atoms with E-state index in [9.17, 15) is 0 Å². The quantitative estimate of drug-likeness (QED) is 0.540. The summed E-state index contributed by atoms with van der Waals surface area (Å²) in [6.07, 6.45) is 2.83. The Bertz CT molecular complexity index is 101. The molecule has 1 nitrogen and oxygen atoms in total. The predicted molar refractivity (Wildman–Crippen MR) is 45.1 cm³/mol. The molecule has 0 radical (unpaired) electrons. The van der Waals surface area contributed by atoms with Gasteiger partial charge in [0, 0.05) is 12.6 Å². The summed E-state index contributed by atoms with van der Waals surface area (Å²) in [6.45, 7) is 9.50. The Morgan fingerprint density at radius 3 is 2.50 bits per heavy atom. The van der Waals surface area contributed by atoms with Gasteiger partial charge in [-0.05, 0) is 32.2 Å². The number of hydrogen-bond acceptors (Lipinski definition) is 1. The van der Waals surface area contributed by atoms with Gasteiger partial charge in [0.2, 0.25) is 0 Å². The molecule has 1 rings (SSSR count). The van der Waals surface area contributed by atoms with Crippen LogP contribution in [0.4, 0.5) is 0 Å². The van der Waals surface area contributed by atoms with Crippen molar-refractivity contribution in [2.24, 2.45) is 5.92 Å². The van der Waals surface area contributed by atoms with E-state index in [4.69, 9.17) is 0 Å². The van der Waals surface area contributed by atoms with Gasteiger partial charge in [0.05, 0.1) is 0 Å². The van der Waals surface area contributed by atoms with Gasteiger partial charge < -0.3 is 4.90 Å². The molecular weight excluding hydrogens is 122 g/mol. The number of rotatable bonds is 1. The highest BCUT2D eigenvalue weighted by Crippen LogP contribution is 2.20. The van der Waals surface area contributed by atoms with E-state index in [-0.39, 0.29) is 0 Å². The van der Waals surface area contributed by atoms with Crippen LogP contribution in [0.1, 0.15) is 33.6 Å². The average Bonchev–Trinajstić information content (AvgIpc) is 1.94. The van der Waals surface area contributed by atoms with Crippen molar-refractivity contribution in [3.8, 4) is 0 Å². The molecule has 0 spiro atoms. The Kier molecular flexibility index (Phi) is 2.72. The van der Waals surface area contributed by atoms with Crippen molar-refractivity contribution >= 4 is 0 Å². The summed E-state index contributed by atoms with van der Waals surface area (Å²) in [5.41, 5.74) is 0. The van der Waals surface area contributed by atoms with Gasteiger partial charge in [-0.3, -0.25) is 0 Å². The largest absolute Gasteiger partial charge is 0.301 e. The van der Waals surface area contributed by atoms with Crippen LogP contribution in [0.5, 0.6) is 0 Å². The van der Waals surface area contributed by atoms with Crippen LogP contribution < -0.4 is 0 Å². The van der Waals surface area contributed by atoms with E-state index in [0.29, 0.717) is 0 Å². The Balaban J connectivity index is 2.38. The third kappa shape index (κ3) is 1.72. The van der Waals surface area contributed by atoms with Crippen LogP contribution in [-0.2, 0) is 0 Å². The predicted octanol–water partition coefficient (Wildman–Crippen LogP) is 2.13. The molecule has 1 heteroatoms. The van der Waals surface area contributed by atoms with E-state index in [0.717, 1.165) is 12.0 Å². The second kappa shape index (κ2) is 3.38. The van der Waals surface area contributed by atoms with Gasteiger partial charge in [-0.1, -0.05) is 13.8 Å². The lowest BCUT2D eigenvalue weighted by atomic mass is 9.95. The molecule has 10 heavy (non-hydrogen) atoms. The van der Waals surface area contributed by atoms with Gasteiger partial charge in [0.25, 0.3) is 0 Å². The molecule has 1 heterocycles. The fourth-order valence-corrected chi connectivity index (χ4v) is 1.82. The molecule has 0 aromatic heterocycles. The lowest BCUT2D eigenvalue weighted by molar-refractivity contribution is 0.132. The van der Waals surface area contributed by atoms with Crippen LogP contribution in [0.3, 0.4) is 0 Å². The topological polar surface area (TPSA) is 3.24 Å². The average molecular weight is 141 g/mol. The first kappa shape index (κ1) is 8.06. The molecular formula is C9H19N. The highest BCUT2D eigenvalue weighted by Gasteiger charge is 2.20. The van der Waals surface area contributed by atoms with Gasteiger partial charge in [-0.25, -0.2) is 0 Å². The fourth-order valence-electron chi connectivity index (χ4n) is 1.82. The minimum absolute atomic E-state index is 0.834. The zero-order valence-corrected chi connectivity index (χ0v) is 7.43. The van der Waals surface area contributed by atoms with E-state index in [2.05, 4.69) is 25.7 Å². The van der Waals surface area contributed by atoms with E-state index >= 15 is 0 Å². The van der Waals surface area contributed by atoms with Crippen LogP contribution in [0, 0.1) is 5.92 Å². The lowest BCUT2D eigenvalue weighted by Crippen LogP contribution is -2.40. The fraction of sp³-hybridized carbons (Fsp3) is 1.00. The molecule has 1 aliphatic heterocycles. The van der Waals surface area contributed by atoms with Gasteiger partial charge in [0.15, 0.2) is 0 Å². The first-order valence-electron chi connectivity index (χ1n) is 4.48. The Morgan fingerprint density at radius 1 is 1.30 bits per heavy atom.